The lowest BCUT2D eigenvalue weighted by Crippen LogP contribution is -2.21. The average Bonchev–Trinajstić information content (AvgIpc) is 2.69. The Hall–Kier alpha value is -0.0400. The van der Waals surface area contributed by atoms with Crippen molar-refractivity contribution in [1.82, 2.24) is 4.90 Å². The summed E-state index contributed by atoms with van der Waals surface area (Å²) in [5.41, 5.74) is 0. The van der Waals surface area contributed by atoms with Crippen LogP contribution in [0.2, 0.25) is 0 Å². The predicted octanol–water partition coefficient (Wildman–Crippen LogP) is 2.08. The number of hydrogen-bond donors (Lipinski definition) is 0. The predicted molar refractivity (Wildman–Crippen MR) is 44.9 cm³/mol. The van der Waals surface area contributed by atoms with Crippen molar-refractivity contribution in [2.75, 3.05) is 13.6 Å². The molecule has 10 heavy (non-hydrogen) atoms. The van der Waals surface area contributed by atoms with Gasteiger partial charge in [-0.1, -0.05) is 19.8 Å². The lowest BCUT2D eigenvalue weighted by Gasteiger charge is -2.14. The zero-order valence-corrected chi connectivity index (χ0v) is 6.97. The first-order valence-electron chi connectivity index (χ1n) is 4.34. The number of nitrogens with zero attached hydrogens (tertiary/aromatic N) is 1. The number of rotatable bonds is 5. The minimum absolute atomic E-state index is 0.935. The first-order chi connectivity index (χ1) is 4.84. The Labute approximate surface area is 64.4 Å². The van der Waals surface area contributed by atoms with E-state index in [1.165, 1.54) is 32.2 Å². The summed E-state index contributed by atoms with van der Waals surface area (Å²) >= 11 is 0. The van der Waals surface area contributed by atoms with E-state index in [0.29, 0.717) is 0 Å². The third-order valence-corrected chi connectivity index (χ3v) is 2.18. The molecule has 1 aliphatic carbocycles. The lowest BCUT2D eigenvalue weighted by atomic mass is 10.2. The van der Waals surface area contributed by atoms with Gasteiger partial charge in [-0.3, -0.25) is 0 Å². The van der Waals surface area contributed by atoms with Gasteiger partial charge in [0.2, 0.25) is 0 Å². The maximum Gasteiger partial charge on any atom is 0.00933 e. The monoisotopic (exact) mass is 140 g/mol. The summed E-state index contributed by atoms with van der Waals surface area (Å²) in [5, 5.41) is 0. The van der Waals surface area contributed by atoms with Gasteiger partial charge in [0.15, 0.2) is 0 Å². The zero-order chi connectivity index (χ0) is 7.40. The van der Waals surface area contributed by atoms with Crippen molar-refractivity contribution in [2.45, 2.75) is 38.1 Å². The molecule has 0 saturated heterocycles. The topological polar surface area (TPSA) is 3.24 Å². The molecule has 0 aromatic rings. The molecule has 0 heterocycles. The van der Waals surface area contributed by atoms with Crippen LogP contribution in [0.4, 0.5) is 0 Å². The highest BCUT2D eigenvalue weighted by atomic mass is 15.1. The van der Waals surface area contributed by atoms with Gasteiger partial charge in [-0.15, -0.1) is 0 Å². The summed E-state index contributed by atoms with van der Waals surface area (Å²) in [5.74, 6) is 0. The molecule has 0 amide bonds. The number of hydrogen-bond acceptors (Lipinski definition) is 1. The maximum atomic E-state index is 3.82. The van der Waals surface area contributed by atoms with Crippen LogP contribution in [-0.2, 0) is 0 Å². The molecule has 1 saturated carbocycles. The Balaban J connectivity index is 1.90. The summed E-state index contributed by atoms with van der Waals surface area (Å²) < 4.78 is 0. The van der Waals surface area contributed by atoms with Crippen LogP contribution in [0.15, 0.2) is 0 Å². The molecule has 1 fully saturated rings. The normalized spacial score (nSPS) is 18.3. The van der Waals surface area contributed by atoms with Crippen molar-refractivity contribution in [1.29, 1.82) is 0 Å². The maximum absolute atomic E-state index is 3.82. The molecule has 0 aromatic carbocycles. The highest BCUT2D eigenvalue weighted by molar-refractivity contribution is 4.81. The van der Waals surface area contributed by atoms with E-state index in [-0.39, 0.29) is 0 Å². The molecule has 0 aliphatic heterocycles. The molecule has 1 nitrogen and oxygen atoms in total. The quantitative estimate of drug-likeness (QED) is 0.528. The zero-order valence-electron chi connectivity index (χ0n) is 6.97. The Morgan fingerprint density at radius 2 is 2.10 bits per heavy atom. The van der Waals surface area contributed by atoms with Crippen molar-refractivity contribution in [2.24, 2.45) is 0 Å². The van der Waals surface area contributed by atoms with Crippen LogP contribution in [0, 0.1) is 6.92 Å². The molecular weight excluding hydrogens is 122 g/mol. The van der Waals surface area contributed by atoms with Gasteiger partial charge in [-0.05, 0) is 32.9 Å². The summed E-state index contributed by atoms with van der Waals surface area (Å²) in [6, 6.07) is 0.935. The lowest BCUT2D eigenvalue weighted by molar-refractivity contribution is 0.316. The second-order valence-electron chi connectivity index (χ2n) is 3.27. The molecule has 0 aromatic heterocycles. The van der Waals surface area contributed by atoms with Gasteiger partial charge in [-0.25, -0.2) is 0 Å². The Morgan fingerprint density at radius 1 is 1.40 bits per heavy atom. The van der Waals surface area contributed by atoms with E-state index in [4.69, 9.17) is 0 Å². The van der Waals surface area contributed by atoms with Gasteiger partial charge in [0.25, 0.3) is 0 Å². The molecule has 0 N–H and O–H groups in total. The van der Waals surface area contributed by atoms with E-state index in [2.05, 4.69) is 18.9 Å². The van der Waals surface area contributed by atoms with E-state index in [1.54, 1.807) is 0 Å². The molecule has 0 bridgehead atoms. The molecule has 0 atom stereocenters. The molecule has 1 aliphatic rings. The van der Waals surface area contributed by atoms with Crippen molar-refractivity contribution < 1.29 is 0 Å². The van der Waals surface area contributed by atoms with E-state index >= 15 is 0 Å². The molecule has 0 spiro atoms. The summed E-state index contributed by atoms with van der Waals surface area (Å²) in [4.78, 5) is 2.48. The fourth-order valence-corrected chi connectivity index (χ4v) is 1.24. The minimum Gasteiger partial charge on any atom is -0.303 e. The standard InChI is InChI=1S/C9H18N/c1-3-4-5-8-10(2)9-6-7-9/h9H,1,3-8H2,2H3. The first-order valence-corrected chi connectivity index (χ1v) is 4.34. The van der Waals surface area contributed by atoms with E-state index < -0.39 is 0 Å². The fraction of sp³-hybridized carbons (Fsp3) is 0.889. The van der Waals surface area contributed by atoms with E-state index in [0.717, 1.165) is 12.5 Å². The van der Waals surface area contributed by atoms with Gasteiger partial charge >= 0.3 is 0 Å². The summed E-state index contributed by atoms with van der Waals surface area (Å²) in [6.07, 6.45) is 6.58. The molecule has 0 unspecified atom stereocenters. The SMILES string of the molecule is [CH2]CCCCN(C)C1CC1. The Bertz CT molecular complexity index is 86.7. The summed E-state index contributed by atoms with van der Waals surface area (Å²) in [7, 11) is 2.24. The largest absolute Gasteiger partial charge is 0.303 e. The van der Waals surface area contributed by atoms with Crippen LogP contribution in [0.3, 0.4) is 0 Å². The molecule has 1 heteroatoms. The summed E-state index contributed by atoms with van der Waals surface area (Å²) in [6.45, 7) is 5.10. The van der Waals surface area contributed by atoms with Gasteiger partial charge < -0.3 is 4.90 Å². The van der Waals surface area contributed by atoms with E-state index in [9.17, 15) is 0 Å². The second kappa shape index (κ2) is 3.97. The smallest absolute Gasteiger partial charge is 0.00933 e. The number of unbranched alkanes of at least 4 members (excludes halogenated alkanes) is 2. The second-order valence-corrected chi connectivity index (χ2v) is 3.27. The van der Waals surface area contributed by atoms with Crippen LogP contribution in [0.5, 0.6) is 0 Å². The van der Waals surface area contributed by atoms with Crippen LogP contribution in [-0.4, -0.2) is 24.5 Å². The molecule has 1 rings (SSSR count). The van der Waals surface area contributed by atoms with Crippen LogP contribution >= 0.6 is 0 Å². The van der Waals surface area contributed by atoms with Crippen molar-refractivity contribution in [3.8, 4) is 0 Å². The van der Waals surface area contributed by atoms with Crippen molar-refractivity contribution in [3.63, 3.8) is 0 Å². The highest BCUT2D eigenvalue weighted by Gasteiger charge is 2.24. The van der Waals surface area contributed by atoms with Crippen LogP contribution in [0.25, 0.3) is 0 Å². The first kappa shape index (κ1) is 8.06. The van der Waals surface area contributed by atoms with E-state index in [1.807, 2.05) is 0 Å². The van der Waals surface area contributed by atoms with Crippen LogP contribution < -0.4 is 0 Å². The third-order valence-electron chi connectivity index (χ3n) is 2.18. The van der Waals surface area contributed by atoms with Crippen LogP contribution in [0.1, 0.15) is 32.1 Å². The highest BCUT2D eigenvalue weighted by Crippen LogP contribution is 2.25. The Morgan fingerprint density at radius 3 is 2.60 bits per heavy atom. The van der Waals surface area contributed by atoms with Gasteiger partial charge in [-0.2, -0.15) is 0 Å². The van der Waals surface area contributed by atoms with Gasteiger partial charge in [0, 0.05) is 6.04 Å². The molecular formula is C9H18N. The van der Waals surface area contributed by atoms with Crippen molar-refractivity contribution in [3.05, 3.63) is 6.92 Å². The average molecular weight is 140 g/mol. The minimum atomic E-state index is 0.935. The Kier molecular flexibility index (Phi) is 3.20. The van der Waals surface area contributed by atoms with Gasteiger partial charge in [0.05, 0.1) is 0 Å². The third kappa shape index (κ3) is 2.70. The fourth-order valence-electron chi connectivity index (χ4n) is 1.24. The van der Waals surface area contributed by atoms with Gasteiger partial charge in [0.1, 0.15) is 0 Å². The molecule has 59 valence electrons. The molecule has 1 radical (unpaired) electrons. The van der Waals surface area contributed by atoms with Crippen molar-refractivity contribution >= 4 is 0 Å².